The van der Waals surface area contributed by atoms with Gasteiger partial charge in [0.1, 0.15) is 0 Å². The quantitative estimate of drug-likeness (QED) is 0.664. The topological polar surface area (TPSA) is 65.2 Å². The van der Waals surface area contributed by atoms with Gasteiger partial charge in [-0.3, -0.25) is 9.59 Å². The molecule has 0 spiro atoms. The summed E-state index contributed by atoms with van der Waals surface area (Å²) in [4.78, 5) is 30.1. The minimum Gasteiger partial charge on any atom is -0.361 e. The Balaban J connectivity index is 1.36. The van der Waals surface area contributed by atoms with Crippen LogP contribution in [-0.2, 0) is 16.0 Å². The molecular weight excluding hydrogens is 386 g/mol. The van der Waals surface area contributed by atoms with Gasteiger partial charge in [0.25, 0.3) is 0 Å². The van der Waals surface area contributed by atoms with Crippen LogP contribution in [0, 0.1) is 19.8 Å². The van der Waals surface area contributed by atoms with Crippen LogP contribution in [0.4, 0.5) is 5.69 Å². The summed E-state index contributed by atoms with van der Waals surface area (Å²) in [5, 5.41) is 4.76. The molecule has 2 N–H and O–H groups in total. The van der Waals surface area contributed by atoms with Crippen molar-refractivity contribution in [2.75, 3.05) is 18.0 Å². The number of benzene rings is 2. The maximum atomic E-state index is 12.6. The Morgan fingerprint density at radius 3 is 2.72 bits per heavy atom. The number of hydrogen-bond acceptors (Lipinski definition) is 2. The summed E-state index contributed by atoms with van der Waals surface area (Å²) in [7, 11) is 0. The Kier molecular flexibility index (Phi) is 5.33. The molecular formula is C23H24ClN3O2. The number of amides is 2. The van der Waals surface area contributed by atoms with Crippen LogP contribution in [0.25, 0.3) is 10.9 Å². The fourth-order valence-corrected chi connectivity index (χ4v) is 4.23. The Morgan fingerprint density at radius 1 is 1.21 bits per heavy atom. The van der Waals surface area contributed by atoms with Crippen LogP contribution in [0.2, 0.25) is 5.02 Å². The minimum absolute atomic E-state index is 0.00132. The number of aromatic nitrogens is 1. The van der Waals surface area contributed by atoms with Gasteiger partial charge in [-0.05, 0) is 67.3 Å². The molecule has 0 bridgehead atoms. The summed E-state index contributed by atoms with van der Waals surface area (Å²) in [5.41, 5.74) is 5.24. The van der Waals surface area contributed by atoms with Crippen LogP contribution in [0.5, 0.6) is 0 Å². The molecule has 4 rings (SSSR count). The molecule has 2 amide bonds. The number of H-pyrrole nitrogens is 1. The highest BCUT2D eigenvalue weighted by atomic mass is 35.5. The number of nitrogens with zero attached hydrogens (tertiary/aromatic N) is 1. The monoisotopic (exact) mass is 409 g/mol. The highest BCUT2D eigenvalue weighted by Gasteiger charge is 2.35. The minimum atomic E-state index is -0.319. The van der Waals surface area contributed by atoms with Crippen molar-refractivity contribution in [2.24, 2.45) is 5.92 Å². The van der Waals surface area contributed by atoms with Gasteiger partial charge in [-0.2, -0.15) is 0 Å². The van der Waals surface area contributed by atoms with Gasteiger partial charge in [0, 0.05) is 47.3 Å². The lowest BCUT2D eigenvalue weighted by Crippen LogP contribution is -2.34. The summed E-state index contributed by atoms with van der Waals surface area (Å²) in [6.45, 7) is 4.97. The molecule has 150 valence electrons. The molecule has 29 heavy (non-hydrogen) atoms. The number of rotatable bonds is 5. The van der Waals surface area contributed by atoms with Gasteiger partial charge in [0.15, 0.2) is 0 Å². The standard InChI is InChI=1S/C23H24ClN3O2/c1-14-7-15(2)9-19(8-14)27-13-17(10-22(27)28)23(29)25-6-5-16-12-26-21-4-3-18(24)11-20(16)21/h3-4,7-9,11-12,17,26H,5-6,10,13H2,1-2H3,(H,25,29). The van der Waals surface area contributed by atoms with Gasteiger partial charge in [-0.25, -0.2) is 0 Å². The zero-order valence-corrected chi connectivity index (χ0v) is 17.3. The van der Waals surface area contributed by atoms with Crippen LogP contribution in [0.1, 0.15) is 23.1 Å². The SMILES string of the molecule is Cc1cc(C)cc(N2CC(C(=O)NCCc3c[nH]c4ccc(Cl)cc34)CC2=O)c1. The molecule has 2 aromatic carbocycles. The summed E-state index contributed by atoms with van der Waals surface area (Å²) in [5.74, 6) is -0.384. The molecule has 5 nitrogen and oxygen atoms in total. The number of fused-ring (bicyclic) bond motifs is 1. The third-order valence-electron chi connectivity index (χ3n) is 5.44. The lowest BCUT2D eigenvalue weighted by Gasteiger charge is -2.18. The molecule has 1 saturated heterocycles. The van der Waals surface area contributed by atoms with Crippen LogP contribution in [0.15, 0.2) is 42.6 Å². The summed E-state index contributed by atoms with van der Waals surface area (Å²) in [6.07, 6.45) is 2.91. The Morgan fingerprint density at radius 2 is 1.97 bits per heavy atom. The maximum absolute atomic E-state index is 12.6. The van der Waals surface area contributed by atoms with Gasteiger partial charge in [-0.1, -0.05) is 17.7 Å². The molecule has 6 heteroatoms. The summed E-state index contributed by atoms with van der Waals surface area (Å²) in [6, 6.07) is 11.8. The lowest BCUT2D eigenvalue weighted by molar-refractivity contribution is -0.126. The second-order valence-electron chi connectivity index (χ2n) is 7.80. The zero-order valence-electron chi connectivity index (χ0n) is 16.6. The Labute approximate surface area is 175 Å². The summed E-state index contributed by atoms with van der Waals surface area (Å²) >= 11 is 6.10. The molecule has 1 aliphatic heterocycles. The number of aryl methyl sites for hydroxylation is 2. The van der Waals surface area contributed by atoms with E-state index in [0.717, 1.165) is 33.3 Å². The molecule has 1 aliphatic rings. The molecule has 1 aromatic heterocycles. The van der Waals surface area contributed by atoms with Crippen molar-refractivity contribution in [3.8, 4) is 0 Å². The molecule has 0 radical (unpaired) electrons. The van der Waals surface area contributed by atoms with E-state index in [0.29, 0.717) is 24.5 Å². The molecule has 1 atom stereocenters. The number of halogens is 1. The molecule has 2 heterocycles. The molecule has 0 aliphatic carbocycles. The fraction of sp³-hybridized carbons (Fsp3) is 0.304. The van der Waals surface area contributed by atoms with E-state index in [9.17, 15) is 9.59 Å². The number of anilines is 1. The normalized spacial score (nSPS) is 16.6. The first kappa shape index (κ1) is 19.5. The Hall–Kier alpha value is -2.79. The van der Waals surface area contributed by atoms with Crippen molar-refractivity contribution in [3.63, 3.8) is 0 Å². The van der Waals surface area contributed by atoms with Gasteiger partial charge in [-0.15, -0.1) is 0 Å². The Bertz CT molecular complexity index is 1070. The van der Waals surface area contributed by atoms with E-state index in [1.165, 1.54) is 0 Å². The number of hydrogen-bond donors (Lipinski definition) is 2. The first-order chi connectivity index (χ1) is 13.9. The van der Waals surface area contributed by atoms with Crippen molar-refractivity contribution >= 4 is 40.0 Å². The van der Waals surface area contributed by atoms with Gasteiger partial charge >= 0.3 is 0 Å². The van der Waals surface area contributed by atoms with E-state index in [1.807, 2.05) is 50.4 Å². The van der Waals surface area contributed by atoms with Crippen LogP contribution in [0.3, 0.4) is 0 Å². The highest BCUT2D eigenvalue weighted by Crippen LogP contribution is 2.27. The summed E-state index contributed by atoms with van der Waals surface area (Å²) < 4.78 is 0. The predicted molar refractivity (Wildman–Crippen MR) is 116 cm³/mol. The molecule has 1 unspecified atom stereocenters. The third-order valence-corrected chi connectivity index (χ3v) is 5.67. The molecule has 0 saturated carbocycles. The largest absolute Gasteiger partial charge is 0.361 e. The van der Waals surface area contributed by atoms with Crippen molar-refractivity contribution in [2.45, 2.75) is 26.7 Å². The smallest absolute Gasteiger partial charge is 0.227 e. The van der Waals surface area contributed by atoms with E-state index < -0.39 is 0 Å². The van der Waals surface area contributed by atoms with Crippen molar-refractivity contribution in [1.29, 1.82) is 0 Å². The van der Waals surface area contributed by atoms with E-state index in [2.05, 4.69) is 16.4 Å². The number of carbonyl (C=O) groups excluding carboxylic acids is 2. The predicted octanol–water partition coefficient (Wildman–Crippen LogP) is 4.15. The van der Waals surface area contributed by atoms with Crippen LogP contribution in [-0.4, -0.2) is 29.9 Å². The van der Waals surface area contributed by atoms with Crippen molar-refractivity contribution in [3.05, 3.63) is 64.3 Å². The van der Waals surface area contributed by atoms with Gasteiger partial charge in [0.05, 0.1) is 5.92 Å². The van der Waals surface area contributed by atoms with Gasteiger partial charge in [0.2, 0.25) is 11.8 Å². The average Bonchev–Trinajstić information content (AvgIpc) is 3.24. The molecule has 3 aromatic rings. The van der Waals surface area contributed by atoms with E-state index in [4.69, 9.17) is 11.6 Å². The zero-order chi connectivity index (χ0) is 20.5. The first-order valence-corrected chi connectivity index (χ1v) is 10.2. The average molecular weight is 410 g/mol. The first-order valence-electron chi connectivity index (χ1n) is 9.82. The maximum Gasteiger partial charge on any atom is 0.227 e. The number of carbonyl (C=O) groups is 2. The number of nitrogens with one attached hydrogen (secondary N) is 2. The second-order valence-corrected chi connectivity index (χ2v) is 8.23. The number of aromatic amines is 1. The molecule has 1 fully saturated rings. The lowest BCUT2D eigenvalue weighted by atomic mass is 10.1. The third kappa shape index (κ3) is 4.15. The van der Waals surface area contributed by atoms with E-state index >= 15 is 0 Å². The van der Waals surface area contributed by atoms with Crippen LogP contribution >= 0.6 is 11.6 Å². The van der Waals surface area contributed by atoms with Gasteiger partial charge < -0.3 is 15.2 Å². The van der Waals surface area contributed by atoms with E-state index in [1.54, 1.807) is 4.90 Å². The highest BCUT2D eigenvalue weighted by molar-refractivity contribution is 6.31. The van der Waals surface area contributed by atoms with Crippen molar-refractivity contribution in [1.82, 2.24) is 10.3 Å². The fourth-order valence-electron chi connectivity index (χ4n) is 4.06. The van der Waals surface area contributed by atoms with Crippen LogP contribution < -0.4 is 10.2 Å². The van der Waals surface area contributed by atoms with E-state index in [-0.39, 0.29) is 24.2 Å². The van der Waals surface area contributed by atoms with Crippen molar-refractivity contribution < 1.29 is 9.59 Å². The second kappa shape index (κ2) is 7.91.